The first-order chi connectivity index (χ1) is 18.1. The molecule has 1 fully saturated rings. The highest BCUT2D eigenvalue weighted by molar-refractivity contribution is 6.09. The number of likely N-dealkylation sites (tertiary alicyclic amines) is 1. The maximum absolute atomic E-state index is 13.2. The van der Waals surface area contributed by atoms with Crippen LogP contribution in [0.1, 0.15) is 34.3 Å². The molecule has 4 rings (SSSR count). The predicted molar refractivity (Wildman–Crippen MR) is 134 cm³/mol. The topological polar surface area (TPSA) is 95.9 Å². The zero-order chi connectivity index (χ0) is 27.4. The van der Waals surface area contributed by atoms with Crippen LogP contribution in [-0.4, -0.2) is 47.0 Å². The number of nitrogens with zero attached hydrogens (tertiary/aromatic N) is 1. The summed E-state index contributed by atoms with van der Waals surface area (Å²) in [7, 11) is 0. The number of carbonyl (C=O) groups excluding carboxylic acids is 2. The molecule has 2 amide bonds. The minimum Gasteiger partial charge on any atom is -0.490 e. The van der Waals surface area contributed by atoms with Crippen molar-refractivity contribution in [1.82, 2.24) is 4.90 Å². The summed E-state index contributed by atoms with van der Waals surface area (Å²) < 4.78 is 45.0. The summed E-state index contributed by atoms with van der Waals surface area (Å²) >= 11 is 0. The second-order valence-corrected chi connectivity index (χ2v) is 8.93. The zero-order valence-corrected chi connectivity index (χ0v) is 20.3. The summed E-state index contributed by atoms with van der Waals surface area (Å²) in [5, 5.41) is 12.0. The Labute approximate surface area is 216 Å². The van der Waals surface area contributed by atoms with Crippen molar-refractivity contribution in [2.75, 3.05) is 11.9 Å². The predicted octanol–water partition coefficient (Wildman–Crippen LogP) is 5.93. The number of benzene rings is 3. The van der Waals surface area contributed by atoms with E-state index in [1.54, 1.807) is 55.7 Å². The first-order valence-corrected chi connectivity index (χ1v) is 11.8. The molecule has 1 saturated heterocycles. The summed E-state index contributed by atoms with van der Waals surface area (Å²) in [6.45, 7) is 1.91. The highest BCUT2D eigenvalue weighted by Crippen LogP contribution is 2.33. The molecule has 0 aliphatic carbocycles. The van der Waals surface area contributed by atoms with Gasteiger partial charge in [0.1, 0.15) is 17.9 Å². The number of rotatable bonds is 6. The van der Waals surface area contributed by atoms with Crippen molar-refractivity contribution in [1.29, 1.82) is 0 Å². The third-order valence-corrected chi connectivity index (χ3v) is 6.35. The van der Waals surface area contributed by atoms with E-state index in [-0.39, 0.29) is 13.0 Å². The van der Waals surface area contributed by atoms with Gasteiger partial charge in [-0.3, -0.25) is 14.5 Å². The maximum Gasteiger partial charge on any atom is 0.416 e. The Kier molecular flexibility index (Phi) is 7.70. The fourth-order valence-electron chi connectivity index (χ4n) is 4.48. The molecule has 3 aromatic carbocycles. The second kappa shape index (κ2) is 11.0. The molecule has 2 atom stereocenters. The third-order valence-electron chi connectivity index (χ3n) is 6.35. The summed E-state index contributed by atoms with van der Waals surface area (Å²) in [6.07, 6.45) is -3.77. The average molecular weight is 526 g/mol. The zero-order valence-electron chi connectivity index (χ0n) is 20.3. The highest BCUT2D eigenvalue weighted by atomic mass is 19.4. The van der Waals surface area contributed by atoms with Gasteiger partial charge in [-0.2, -0.15) is 13.2 Å². The van der Waals surface area contributed by atoms with E-state index in [1.807, 2.05) is 0 Å². The molecule has 0 bridgehead atoms. The lowest BCUT2D eigenvalue weighted by molar-refractivity contribution is -0.137. The standard InChI is InChI=1S/C28H24F3N2O5/c1-17-4-2-7-24(25(17)18-8-10-19(11-9-18)28(29,30)31)26(35)32-20-5-3-6-22(14-20)38-23-12-13-33(27(36)37)21(15-23)16-34/h2-11,14,21,23H,12-13,15H2,1H3,(H,32,35)(H,36,37). The van der Waals surface area contributed by atoms with Gasteiger partial charge < -0.3 is 15.2 Å². The summed E-state index contributed by atoms with van der Waals surface area (Å²) in [6, 6.07) is 15.4. The fraction of sp³-hybridized carbons (Fsp3) is 0.250. The molecular formula is C28H24F3N2O5. The van der Waals surface area contributed by atoms with Crippen LogP contribution in [-0.2, 0) is 11.0 Å². The molecule has 0 aromatic heterocycles. The lowest BCUT2D eigenvalue weighted by Crippen LogP contribution is -2.49. The third kappa shape index (κ3) is 5.96. The van der Waals surface area contributed by atoms with Crippen molar-refractivity contribution in [2.24, 2.45) is 0 Å². The molecule has 1 aliphatic rings. The first-order valence-electron chi connectivity index (χ1n) is 11.8. The molecule has 2 unspecified atom stereocenters. The molecule has 1 aliphatic heterocycles. The molecule has 1 heterocycles. The van der Waals surface area contributed by atoms with E-state index < -0.39 is 35.9 Å². The number of halogens is 3. The lowest BCUT2D eigenvalue weighted by atomic mass is 9.94. The van der Waals surface area contributed by atoms with Crippen LogP contribution in [0.5, 0.6) is 5.75 Å². The Balaban J connectivity index is 1.51. The summed E-state index contributed by atoms with van der Waals surface area (Å²) in [5.74, 6) is -0.0282. The SMILES string of the molecule is Cc1cccc(C(=O)Nc2cccc(OC3CCN(C(=O)O)C([C]=O)C3)c2)c1-c1ccc(C(F)(F)F)cc1. The van der Waals surface area contributed by atoms with Gasteiger partial charge in [0, 0.05) is 36.7 Å². The summed E-state index contributed by atoms with van der Waals surface area (Å²) in [5.41, 5.74) is 1.67. The number of hydrogen-bond acceptors (Lipinski definition) is 4. The largest absolute Gasteiger partial charge is 0.490 e. The van der Waals surface area contributed by atoms with Gasteiger partial charge in [-0.1, -0.05) is 30.3 Å². The minimum absolute atomic E-state index is 0.135. The van der Waals surface area contributed by atoms with Crippen molar-refractivity contribution in [3.63, 3.8) is 0 Å². The first kappa shape index (κ1) is 26.7. The van der Waals surface area contributed by atoms with Crippen LogP contribution >= 0.6 is 0 Å². The molecule has 2 N–H and O–H groups in total. The molecule has 0 spiro atoms. The van der Waals surface area contributed by atoms with Gasteiger partial charge in [-0.15, -0.1) is 0 Å². The van der Waals surface area contributed by atoms with E-state index >= 15 is 0 Å². The van der Waals surface area contributed by atoms with Gasteiger partial charge in [0.25, 0.3) is 5.91 Å². The number of ether oxygens (including phenoxy) is 1. The van der Waals surface area contributed by atoms with E-state index in [9.17, 15) is 32.7 Å². The lowest BCUT2D eigenvalue weighted by Gasteiger charge is -2.34. The Morgan fingerprint density at radius 1 is 1.08 bits per heavy atom. The van der Waals surface area contributed by atoms with Crippen LogP contribution in [0.3, 0.4) is 0 Å². The Morgan fingerprint density at radius 2 is 1.79 bits per heavy atom. The maximum atomic E-state index is 13.2. The number of amides is 2. The van der Waals surface area contributed by atoms with E-state index in [0.717, 1.165) is 22.6 Å². The smallest absolute Gasteiger partial charge is 0.416 e. The van der Waals surface area contributed by atoms with Gasteiger partial charge in [-0.25, -0.2) is 4.79 Å². The number of nitrogens with one attached hydrogen (secondary N) is 1. The number of carbonyl (C=O) groups is 2. The summed E-state index contributed by atoms with van der Waals surface area (Å²) in [4.78, 5) is 36.7. The van der Waals surface area contributed by atoms with Crippen LogP contribution < -0.4 is 10.1 Å². The second-order valence-electron chi connectivity index (χ2n) is 8.93. The van der Waals surface area contributed by atoms with E-state index in [4.69, 9.17) is 4.74 Å². The Hall–Kier alpha value is -4.34. The molecule has 197 valence electrons. The van der Waals surface area contributed by atoms with Crippen LogP contribution in [0.25, 0.3) is 11.1 Å². The number of hydrogen-bond donors (Lipinski definition) is 2. The normalized spacial score (nSPS) is 17.5. The average Bonchev–Trinajstić information content (AvgIpc) is 2.88. The van der Waals surface area contributed by atoms with Crippen LogP contribution in [0.4, 0.5) is 23.7 Å². The van der Waals surface area contributed by atoms with Gasteiger partial charge in [-0.05, 0) is 53.9 Å². The van der Waals surface area contributed by atoms with Gasteiger partial charge >= 0.3 is 12.3 Å². The Morgan fingerprint density at radius 3 is 2.45 bits per heavy atom. The van der Waals surface area contributed by atoms with Crippen molar-refractivity contribution < 1.29 is 37.4 Å². The van der Waals surface area contributed by atoms with Crippen molar-refractivity contribution >= 4 is 24.0 Å². The number of carboxylic acid groups (broad SMARTS) is 1. The van der Waals surface area contributed by atoms with Crippen LogP contribution in [0.2, 0.25) is 0 Å². The van der Waals surface area contributed by atoms with Crippen molar-refractivity contribution in [3.05, 3.63) is 83.4 Å². The molecular weight excluding hydrogens is 501 g/mol. The van der Waals surface area contributed by atoms with E-state index in [0.29, 0.717) is 34.5 Å². The number of alkyl halides is 3. The minimum atomic E-state index is -4.46. The number of piperidine rings is 1. The van der Waals surface area contributed by atoms with E-state index in [2.05, 4.69) is 5.32 Å². The molecule has 10 heteroatoms. The number of aryl methyl sites for hydroxylation is 1. The molecule has 1 radical (unpaired) electrons. The van der Waals surface area contributed by atoms with Gasteiger partial charge in [0.2, 0.25) is 6.29 Å². The van der Waals surface area contributed by atoms with Crippen molar-refractivity contribution in [3.8, 4) is 16.9 Å². The molecule has 7 nitrogen and oxygen atoms in total. The quantitative estimate of drug-likeness (QED) is 0.416. The molecule has 0 saturated carbocycles. The molecule has 3 aromatic rings. The van der Waals surface area contributed by atoms with E-state index in [1.165, 1.54) is 12.1 Å². The Bertz CT molecular complexity index is 1340. The van der Waals surface area contributed by atoms with Gasteiger partial charge in [0.05, 0.1) is 5.56 Å². The van der Waals surface area contributed by atoms with Crippen LogP contribution in [0.15, 0.2) is 66.7 Å². The number of anilines is 1. The van der Waals surface area contributed by atoms with Gasteiger partial charge in [0.15, 0.2) is 0 Å². The fourth-order valence-corrected chi connectivity index (χ4v) is 4.48. The van der Waals surface area contributed by atoms with Crippen molar-refractivity contribution in [2.45, 2.75) is 38.1 Å². The van der Waals surface area contributed by atoms with Crippen LogP contribution in [0, 0.1) is 6.92 Å². The monoisotopic (exact) mass is 525 g/mol. The highest BCUT2D eigenvalue weighted by Gasteiger charge is 2.33. The molecule has 38 heavy (non-hydrogen) atoms.